The topological polar surface area (TPSA) is 57.0 Å². The number of likely N-dealkylation sites (tertiary alicyclic amines) is 2. The van der Waals surface area contributed by atoms with Crippen LogP contribution in [0.1, 0.15) is 50.8 Å². The van der Waals surface area contributed by atoms with Crippen molar-refractivity contribution in [3.05, 3.63) is 65.0 Å². The van der Waals surface area contributed by atoms with Crippen LogP contribution in [-0.4, -0.2) is 69.8 Å². The van der Waals surface area contributed by atoms with Crippen LogP contribution in [0.3, 0.4) is 0 Å². The molecule has 6 rings (SSSR count). The molecule has 3 aromatic heterocycles. The summed E-state index contributed by atoms with van der Waals surface area (Å²) < 4.78 is 15.6. The number of anilines is 2. The molecule has 40 heavy (non-hydrogen) atoms. The van der Waals surface area contributed by atoms with Crippen molar-refractivity contribution in [1.82, 2.24) is 24.2 Å². The molecule has 2 fully saturated rings. The number of fused-ring (bicyclic) bond motifs is 1. The Labute approximate surface area is 239 Å². The van der Waals surface area contributed by atoms with Crippen molar-refractivity contribution in [2.24, 2.45) is 5.41 Å². The molecule has 4 aromatic rings. The first-order chi connectivity index (χ1) is 19.2. The monoisotopic (exact) mass is 560 g/mol. The highest BCUT2D eigenvalue weighted by atomic mass is 32.1. The third-order valence-corrected chi connectivity index (χ3v) is 9.16. The van der Waals surface area contributed by atoms with Crippen LogP contribution in [0.4, 0.5) is 15.3 Å². The number of benzene rings is 1. The van der Waals surface area contributed by atoms with Gasteiger partial charge in [0, 0.05) is 50.4 Å². The molecule has 0 N–H and O–H groups in total. The van der Waals surface area contributed by atoms with E-state index in [1.807, 2.05) is 17.3 Å². The smallest absolute Gasteiger partial charge is 0.236 e. The molecule has 0 spiro atoms. The summed E-state index contributed by atoms with van der Waals surface area (Å²) in [6.45, 7) is 10.8. The number of piperidine rings is 1. The van der Waals surface area contributed by atoms with Crippen LogP contribution in [0.25, 0.3) is 16.9 Å². The van der Waals surface area contributed by atoms with E-state index in [1.165, 1.54) is 17.7 Å². The van der Waals surface area contributed by atoms with E-state index in [4.69, 9.17) is 9.97 Å². The number of carbonyl (C=O) groups excluding carboxylic acids is 1. The highest BCUT2D eigenvalue weighted by Crippen LogP contribution is 2.36. The van der Waals surface area contributed by atoms with Crippen molar-refractivity contribution in [2.75, 3.05) is 44.7 Å². The quantitative estimate of drug-likeness (QED) is 0.279. The molecule has 5 heterocycles. The number of pyridine rings is 1. The summed E-state index contributed by atoms with van der Waals surface area (Å²) in [6.07, 6.45) is 4.97. The summed E-state index contributed by atoms with van der Waals surface area (Å²) in [7, 11) is 2.03. The Bertz CT molecular complexity index is 1510. The van der Waals surface area contributed by atoms with Gasteiger partial charge in [0.1, 0.15) is 17.3 Å². The Kier molecular flexibility index (Phi) is 7.12. The van der Waals surface area contributed by atoms with Gasteiger partial charge < -0.3 is 9.80 Å². The molecule has 9 heteroatoms. The lowest BCUT2D eigenvalue weighted by atomic mass is 9.84. The first-order valence-electron chi connectivity index (χ1n) is 14.2. The molecule has 210 valence electrons. The first kappa shape index (κ1) is 26.9. The van der Waals surface area contributed by atoms with Crippen LogP contribution in [0, 0.1) is 11.2 Å². The Hall–Kier alpha value is -3.30. The Morgan fingerprint density at radius 1 is 1.10 bits per heavy atom. The molecule has 1 amide bonds. The summed E-state index contributed by atoms with van der Waals surface area (Å²) in [4.78, 5) is 29.1. The van der Waals surface area contributed by atoms with Gasteiger partial charge in [-0.25, -0.2) is 14.4 Å². The zero-order valence-corrected chi connectivity index (χ0v) is 24.5. The van der Waals surface area contributed by atoms with Crippen molar-refractivity contribution in [2.45, 2.75) is 46.0 Å². The predicted molar refractivity (Wildman–Crippen MR) is 159 cm³/mol. The maximum atomic E-state index is 13.4. The van der Waals surface area contributed by atoms with Gasteiger partial charge in [0.05, 0.1) is 17.9 Å². The van der Waals surface area contributed by atoms with Gasteiger partial charge in [0.2, 0.25) is 5.91 Å². The van der Waals surface area contributed by atoms with Crippen LogP contribution in [0.15, 0.2) is 48.0 Å². The molecule has 0 aliphatic carbocycles. The maximum absolute atomic E-state index is 13.4. The van der Waals surface area contributed by atoms with Gasteiger partial charge in [0.25, 0.3) is 0 Å². The predicted octanol–water partition coefficient (Wildman–Crippen LogP) is 5.98. The van der Waals surface area contributed by atoms with E-state index in [0.29, 0.717) is 17.9 Å². The third-order valence-electron chi connectivity index (χ3n) is 8.24. The molecule has 2 aliphatic heterocycles. The minimum absolute atomic E-state index is 0.251. The molecule has 2 saturated heterocycles. The fraction of sp³-hybridized carbons (Fsp3) is 0.452. The second kappa shape index (κ2) is 10.6. The number of imidazole rings is 1. The molecule has 1 aromatic carbocycles. The molecule has 2 aliphatic rings. The molecule has 0 radical (unpaired) electrons. The number of aryl methyl sites for hydroxylation is 1. The van der Waals surface area contributed by atoms with Gasteiger partial charge in [-0.15, -0.1) is 11.3 Å². The zero-order chi connectivity index (χ0) is 28.0. The Balaban J connectivity index is 1.19. The van der Waals surface area contributed by atoms with Crippen molar-refractivity contribution >= 4 is 33.8 Å². The summed E-state index contributed by atoms with van der Waals surface area (Å²) in [6, 6.07) is 10.8. The van der Waals surface area contributed by atoms with Gasteiger partial charge in [-0.1, -0.05) is 26.8 Å². The lowest BCUT2D eigenvalue weighted by Crippen LogP contribution is -2.56. The average Bonchev–Trinajstić information content (AvgIpc) is 3.57. The number of nitrogens with zero attached hydrogens (tertiary/aromatic N) is 6. The number of halogens is 1. The van der Waals surface area contributed by atoms with Crippen LogP contribution < -0.4 is 4.90 Å². The SMILES string of the molecule is CCc1nc2ccc(C3CCN(C(=O)CN4CC(C)(C)C4)CC3)cn2c1N(C)c1nc(-c2ccc(F)cc2)cs1. The fourth-order valence-electron chi connectivity index (χ4n) is 6.22. The van der Waals surface area contributed by atoms with E-state index in [0.717, 1.165) is 79.0 Å². The number of hydrogen-bond donors (Lipinski definition) is 0. The van der Waals surface area contributed by atoms with Crippen LogP contribution in [0.2, 0.25) is 0 Å². The summed E-state index contributed by atoms with van der Waals surface area (Å²) in [5.74, 6) is 1.44. The number of thiazole rings is 1. The van der Waals surface area contributed by atoms with Crippen LogP contribution in [0.5, 0.6) is 0 Å². The van der Waals surface area contributed by atoms with E-state index >= 15 is 0 Å². The zero-order valence-electron chi connectivity index (χ0n) is 23.7. The van der Waals surface area contributed by atoms with E-state index in [-0.39, 0.29) is 11.7 Å². The van der Waals surface area contributed by atoms with Crippen molar-refractivity contribution in [3.63, 3.8) is 0 Å². The van der Waals surface area contributed by atoms with Crippen molar-refractivity contribution in [1.29, 1.82) is 0 Å². The second-order valence-electron chi connectivity index (χ2n) is 12.0. The fourth-order valence-corrected chi connectivity index (χ4v) is 7.02. The number of hydrogen-bond acceptors (Lipinski definition) is 6. The highest BCUT2D eigenvalue weighted by molar-refractivity contribution is 7.14. The normalized spacial score (nSPS) is 17.8. The number of rotatable bonds is 7. The van der Waals surface area contributed by atoms with Crippen molar-refractivity contribution in [3.8, 4) is 11.3 Å². The van der Waals surface area contributed by atoms with Crippen LogP contribution >= 0.6 is 11.3 Å². The third kappa shape index (κ3) is 5.24. The Morgan fingerprint density at radius 3 is 2.50 bits per heavy atom. The van der Waals surface area contributed by atoms with Gasteiger partial charge in [0.15, 0.2) is 5.13 Å². The number of amides is 1. The van der Waals surface area contributed by atoms with Crippen LogP contribution in [-0.2, 0) is 11.2 Å². The summed E-state index contributed by atoms with van der Waals surface area (Å²) >= 11 is 1.57. The van der Waals surface area contributed by atoms with Gasteiger partial charge in [-0.05, 0) is 66.5 Å². The molecule has 7 nitrogen and oxygen atoms in total. The standard InChI is InChI=1S/C31H37FN6OS/c1-5-25-29(35(4)30-34-26(18-40-30)22-6-9-24(32)10-7-22)38-16-23(8-11-27(38)33-25)21-12-14-37(15-13-21)28(39)17-36-19-31(2,3)20-36/h6-11,16,18,21H,5,12-15,17,19-20H2,1-4H3. The molecule has 0 bridgehead atoms. The minimum atomic E-state index is -0.251. The summed E-state index contributed by atoms with van der Waals surface area (Å²) in [5, 5.41) is 2.87. The highest BCUT2D eigenvalue weighted by Gasteiger charge is 2.36. The molecular formula is C31H37FN6OS. The van der Waals surface area contributed by atoms with E-state index in [2.05, 4.69) is 53.3 Å². The number of aromatic nitrogens is 3. The molecule has 0 saturated carbocycles. The van der Waals surface area contributed by atoms with Crippen molar-refractivity contribution < 1.29 is 9.18 Å². The summed E-state index contributed by atoms with van der Waals surface area (Å²) in [5.41, 5.74) is 5.29. The van der Waals surface area contributed by atoms with E-state index in [9.17, 15) is 9.18 Å². The lowest BCUT2D eigenvalue weighted by Gasteiger charge is -2.46. The average molecular weight is 561 g/mol. The van der Waals surface area contributed by atoms with Gasteiger partial charge >= 0.3 is 0 Å². The molecule has 0 atom stereocenters. The lowest BCUT2D eigenvalue weighted by molar-refractivity contribution is -0.136. The minimum Gasteiger partial charge on any atom is -0.342 e. The maximum Gasteiger partial charge on any atom is 0.236 e. The first-order valence-corrected chi connectivity index (χ1v) is 15.0. The number of carbonyl (C=O) groups is 1. The second-order valence-corrected chi connectivity index (χ2v) is 12.8. The Morgan fingerprint density at radius 2 is 1.82 bits per heavy atom. The largest absolute Gasteiger partial charge is 0.342 e. The van der Waals surface area contributed by atoms with E-state index in [1.54, 1.807) is 23.5 Å². The van der Waals surface area contributed by atoms with Gasteiger partial charge in [-0.2, -0.15) is 0 Å². The molecular weight excluding hydrogens is 523 g/mol. The van der Waals surface area contributed by atoms with Gasteiger partial charge in [-0.3, -0.25) is 14.1 Å². The molecule has 0 unspecified atom stereocenters. The van der Waals surface area contributed by atoms with E-state index < -0.39 is 0 Å².